The molecule has 0 aliphatic heterocycles. The van der Waals surface area contributed by atoms with Gasteiger partial charge in [0.15, 0.2) is 0 Å². The zero-order valence-electron chi connectivity index (χ0n) is 12.1. The standard InChI is InChI=1S/C15H20N4O2/c1-9(12-8-10-3-4-11(12)7-10)18-13(20)14(21)19-15-16-5-2-6-17-15/h2,5-6,9-12H,3-4,7-8H2,1H3,(H,18,20)(H,16,17,19,21). The molecule has 2 amide bonds. The number of carbonyl (C=O) groups excluding carboxylic acids is 2. The quantitative estimate of drug-likeness (QED) is 0.822. The first-order valence-electron chi connectivity index (χ1n) is 7.52. The Morgan fingerprint density at radius 2 is 1.95 bits per heavy atom. The van der Waals surface area contributed by atoms with E-state index in [1.807, 2.05) is 6.92 Å². The zero-order valence-corrected chi connectivity index (χ0v) is 12.1. The van der Waals surface area contributed by atoms with Gasteiger partial charge in [-0.05, 0) is 50.0 Å². The average Bonchev–Trinajstić information content (AvgIpc) is 3.11. The number of aromatic nitrogens is 2. The van der Waals surface area contributed by atoms with Crippen molar-refractivity contribution >= 4 is 17.8 Å². The van der Waals surface area contributed by atoms with Gasteiger partial charge in [0.2, 0.25) is 5.95 Å². The molecular weight excluding hydrogens is 268 g/mol. The fourth-order valence-electron chi connectivity index (χ4n) is 3.81. The van der Waals surface area contributed by atoms with Crippen LogP contribution in [0.1, 0.15) is 32.6 Å². The van der Waals surface area contributed by atoms with Crippen LogP contribution >= 0.6 is 0 Å². The minimum absolute atomic E-state index is 0.0373. The molecule has 0 radical (unpaired) electrons. The molecule has 2 saturated carbocycles. The molecule has 1 heterocycles. The first-order valence-corrected chi connectivity index (χ1v) is 7.52. The highest BCUT2D eigenvalue weighted by atomic mass is 16.2. The van der Waals surface area contributed by atoms with E-state index in [0.29, 0.717) is 11.8 Å². The molecule has 112 valence electrons. The number of hydrogen-bond acceptors (Lipinski definition) is 4. The van der Waals surface area contributed by atoms with Crippen molar-refractivity contribution in [2.45, 2.75) is 38.6 Å². The molecular formula is C15H20N4O2. The predicted octanol–water partition coefficient (Wildman–Crippen LogP) is 1.36. The van der Waals surface area contributed by atoms with Crippen LogP contribution in [0.15, 0.2) is 18.5 Å². The first-order chi connectivity index (χ1) is 10.1. The van der Waals surface area contributed by atoms with E-state index < -0.39 is 11.8 Å². The van der Waals surface area contributed by atoms with Crippen LogP contribution in [0.2, 0.25) is 0 Å². The summed E-state index contributed by atoms with van der Waals surface area (Å²) >= 11 is 0. The summed E-state index contributed by atoms with van der Waals surface area (Å²) < 4.78 is 0. The second kappa shape index (κ2) is 5.79. The Kier molecular flexibility index (Phi) is 3.86. The highest BCUT2D eigenvalue weighted by Crippen LogP contribution is 2.49. The molecule has 21 heavy (non-hydrogen) atoms. The molecule has 6 nitrogen and oxygen atoms in total. The highest BCUT2D eigenvalue weighted by molar-refractivity contribution is 6.39. The fourth-order valence-corrected chi connectivity index (χ4v) is 3.81. The van der Waals surface area contributed by atoms with Crippen molar-refractivity contribution in [2.75, 3.05) is 5.32 Å². The minimum atomic E-state index is -0.712. The maximum Gasteiger partial charge on any atom is 0.316 e. The molecule has 6 heteroatoms. The molecule has 2 bridgehead atoms. The van der Waals surface area contributed by atoms with E-state index in [0.717, 1.165) is 5.92 Å². The molecule has 0 spiro atoms. The Morgan fingerprint density at radius 3 is 2.57 bits per heavy atom. The number of amides is 2. The van der Waals surface area contributed by atoms with Crippen molar-refractivity contribution in [1.29, 1.82) is 0 Å². The summed E-state index contributed by atoms with van der Waals surface area (Å²) in [6, 6.07) is 1.68. The van der Waals surface area contributed by atoms with E-state index in [1.54, 1.807) is 6.07 Å². The van der Waals surface area contributed by atoms with Gasteiger partial charge in [-0.25, -0.2) is 9.97 Å². The predicted molar refractivity (Wildman–Crippen MR) is 77.2 cm³/mol. The lowest BCUT2D eigenvalue weighted by molar-refractivity contribution is -0.136. The summed E-state index contributed by atoms with van der Waals surface area (Å²) in [6.07, 6.45) is 8.08. The van der Waals surface area contributed by atoms with Crippen molar-refractivity contribution in [3.8, 4) is 0 Å². The molecule has 1 aromatic heterocycles. The Bertz CT molecular complexity index is 534. The molecule has 2 N–H and O–H groups in total. The molecule has 0 saturated heterocycles. The van der Waals surface area contributed by atoms with Crippen molar-refractivity contribution in [3.05, 3.63) is 18.5 Å². The Labute approximate surface area is 123 Å². The third-order valence-electron chi connectivity index (χ3n) is 4.79. The molecule has 1 aromatic rings. The summed E-state index contributed by atoms with van der Waals surface area (Å²) in [5.41, 5.74) is 0. The molecule has 0 aromatic carbocycles. The van der Waals surface area contributed by atoms with Gasteiger partial charge in [0.1, 0.15) is 0 Å². The van der Waals surface area contributed by atoms with Crippen molar-refractivity contribution in [1.82, 2.24) is 15.3 Å². The lowest BCUT2D eigenvalue weighted by Crippen LogP contribution is -2.45. The summed E-state index contributed by atoms with van der Waals surface area (Å²) in [7, 11) is 0. The van der Waals surface area contributed by atoms with Crippen LogP contribution < -0.4 is 10.6 Å². The van der Waals surface area contributed by atoms with Crippen molar-refractivity contribution in [3.63, 3.8) is 0 Å². The maximum absolute atomic E-state index is 11.9. The van der Waals surface area contributed by atoms with Gasteiger partial charge >= 0.3 is 11.8 Å². The SMILES string of the molecule is CC(NC(=O)C(=O)Nc1ncccn1)C1CC2CCC1C2. The van der Waals surface area contributed by atoms with E-state index in [-0.39, 0.29) is 12.0 Å². The van der Waals surface area contributed by atoms with Crippen LogP contribution in [-0.4, -0.2) is 27.8 Å². The Hall–Kier alpha value is -1.98. The van der Waals surface area contributed by atoms with E-state index in [1.165, 1.54) is 38.1 Å². The van der Waals surface area contributed by atoms with E-state index in [9.17, 15) is 9.59 Å². The number of anilines is 1. The van der Waals surface area contributed by atoms with Gasteiger partial charge in [0, 0.05) is 18.4 Å². The molecule has 2 fully saturated rings. The molecule has 3 rings (SSSR count). The second-order valence-corrected chi connectivity index (χ2v) is 6.13. The summed E-state index contributed by atoms with van der Waals surface area (Å²) in [5.74, 6) is 0.865. The number of nitrogens with one attached hydrogen (secondary N) is 2. The topological polar surface area (TPSA) is 84.0 Å². The number of rotatable bonds is 3. The normalized spacial score (nSPS) is 28.1. The minimum Gasteiger partial charge on any atom is -0.345 e. The number of fused-ring (bicyclic) bond motifs is 2. The van der Waals surface area contributed by atoms with Crippen LogP contribution in [0.4, 0.5) is 5.95 Å². The largest absolute Gasteiger partial charge is 0.345 e. The van der Waals surface area contributed by atoms with Crippen molar-refractivity contribution in [2.24, 2.45) is 17.8 Å². The Balaban J connectivity index is 1.52. The van der Waals surface area contributed by atoms with Crippen LogP contribution in [0.25, 0.3) is 0 Å². The van der Waals surface area contributed by atoms with Gasteiger partial charge in [-0.15, -0.1) is 0 Å². The summed E-state index contributed by atoms with van der Waals surface area (Å²) in [5, 5.41) is 5.22. The third-order valence-corrected chi connectivity index (χ3v) is 4.79. The number of carbonyl (C=O) groups is 2. The van der Waals surface area contributed by atoms with Crippen LogP contribution in [0.5, 0.6) is 0 Å². The van der Waals surface area contributed by atoms with Crippen LogP contribution in [0.3, 0.4) is 0 Å². The average molecular weight is 288 g/mol. The first kappa shape index (κ1) is 14.0. The molecule has 4 unspecified atom stereocenters. The molecule has 2 aliphatic carbocycles. The van der Waals surface area contributed by atoms with Gasteiger partial charge in [-0.3, -0.25) is 14.9 Å². The molecule has 2 aliphatic rings. The smallest absolute Gasteiger partial charge is 0.316 e. The van der Waals surface area contributed by atoms with Gasteiger partial charge in [-0.2, -0.15) is 0 Å². The van der Waals surface area contributed by atoms with Gasteiger partial charge in [0.05, 0.1) is 0 Å². The second-order valence-electron chi connectivity index (χ2n) is 6.13. The lowest BCUT2D eigenvalue weighted by Gasteiger charge is -2.28. The van der Waals surface area contributed by atoms with Crippen LogP contribution in [-0.2, 0) is 9.59 Å². The number of nitrogens with zero attached hydrogens (tertiary/aromatic N) is 2. The third kappa shape index (κ3) is 3.04. The summed E-state index contributed by atoms with van der Waals surface area (Å²) in [4.78, 5) is 31.5. The summed E-state index contributed by atoms with van der Waals surface area (Å²) in [6.45, 7) is 2.00. The maximum atomic E-state index is 11.9. The van der Waals surface area contributed by atoms with Crippen molar-refractivity contribution < 1.29 is 9.59 Å². The molecule has 4 atom stereocenters. The monoisotopic (exact) mass is 288 g/mol. The van der Waals surface area contributed by atoms with Gasteiger partial charge in [-0.1, -0.05) is 6.42 Å². The van der Waals surface area contributed by atoms with Gasteiger partial charge in [0.25, 0.3) is 0 Å². The van der Waals surface area contributed by atoms with Gasteiger partial charge < -0.3 is 5.32 Å². The highest BCUT2D eigenvalue weighted by Gasteiger charge is 2.42. The van der Waals surface area contributed by atoms with Crippen LogP contribution in [0, 0.1) is 17.8 Å². The zero-order chi connectivity index (χ0) is 14.8. The van der Waals surface area contributed by atoms with E-state index in [2.05, 4.69) is 20.6 Å². The lowest BCUT2D eigenvalue weighted by atomic mass is 9.84. The Morgan fingerprint density at radius 1 is 1.19 bits per heavy atom. The fraction of sp³-hybridized carbons (Fsp3) is 0.600. The number of hydrogen-bond donors (Lipinski definition) is 2. The van der Waals surface area contributed by atoms with E-state index in [4.69, 9.17) is 0 Å². The van der Waals surface area contributed by atoms with E-state index >= 15 is 0 Å².